The highest BCUT2D eigenvalue weighted by atomic mass is 16.3. The van der Waals surface area contributed by atoms with Crippen molar-refractivity contribution in [1.29, 1.82) is 0 Å². The first kappa shape index (κ1) is 7.21. The van der Waals surface area contributed by atoms with Gasteiger partial charge in [-0.25, -0.2) is 0 Å². The van der Waals surface area contributed by atoms with Gasteiger partial charge in [-0.3, -0.25) is 9.59 Å². The van der Waals surface area contributed by atoms with Gasteiger partial charge in [-0.1, -0.05) is 0 Å². The number of rotatable bonds is 0. The van der Waals surface area contributed by atoms with E-state index < -0.39 is 6.23 Å². The first-order valence-corrected chi connectivity index (χ1v) is 3.11. The molecule has 56 valence electrons. The van der Waals surface area contributed by atoms with Crippen molar-refractivity contribution in [3.8, 4) is 0 Å². The van der Waals surface area contributed by atoms with Gasteiger partial charge in [0, 0.05) is 19.9 Å². The second kappa shape index (κ2) is 2.38. The normalized spacial score (nSPS) is 25.6. The molecule has 4 heteroatoms. The van der Waals surface area contributed by atoms with E-state index >= 15 is 0 Å². The van der Waals surface area contributed by atoms with Crippen LogP contribution in [0.3, 0.4) is 0 Å². The Morgan fingerprint density at radius 3 is 2.60 bits per heavy atom. The molecule has 1 fully saturated rings. The number of hydrogen-bond acceptors (Lipinski definition) is 3. The van der Waals surface area contributed by atoms with E-state index in [0.717, 1.165) is 4.90 Å². The maximum atomic E-state index is 10.6. The number of aliphatic hydroxyl groups excluding tert-OH is 1. The van der Waals surface area contributed by atoms with Gasteiger partial charge in [0.15, 0.2) is 12.0 Å². The number of aliphatic hydroxyl groups is 1. The van der Waals surface area contributed by atoms with Gasteiger partial charge in [0.25, 0.3) is 0 Å². The highest BCUT2D eigenvalue weighted by Crippen LogP contribution is 2.10. The third-order valence-electron chi connectivity index (χ3n) is 1.59. The minimum Gasteiger partial charge on any atom is -0.367 e. The summed E-state index contributed by atoms with van der Waals surface area (Å²) in [6.45, 7) is 1.69. The van der Waals surface area contributed by atoms with Crippen LogP contribution < -0.4 is 0 Å². The van der Waals surface area contributed by atoms with E-state index in [2.05, 4.69) is 0 Å². The summed E-state index contributed by atoms with van der Waals surface area (Å²) in [5, 5.41) is 8.98. The Morgan fingerprint density at radius 2 is 2.40 bits per heavy atom. The molecule has 1 amide bonds. The molecular formula is C6H9NO3. The Morgan fingerprint density at radius 1 is 1.80 bits per heavy atom. The number of hydrogen-bond donors (Lipinski definition) is 1. The molecule has 1 unspecified atom stereocenters. The third kappa shape index (κ3) is 1.02. The SMILES string of the molecule is CC(=O)N1CCC(=O)C1O. The summed E-state index contributed by atoms with van der Waals surface area (Å²) in [5.41, 5.74) is 0. The molecule has 1 heterocycles. The summed E-state index contributed by atoms with van der Waals surface area (Å²) in [4.78, 5) is 22.4. The van der Waals surface area contributed by atoms with E-state index in [0.29, 0.717) is 6.54 Å². The van der Waals surface area contributed by atoms with Gasteiger partial charge in [-0.15, -0.1) is 0 Å². The van der Waals surface area contributed by atoms with E-state index in [-0.39, 0.29) is 18.1 Å². The average molecular weight is 143 g/mol. The van der Waals surface area contributed by atoms with Gasteiger partial charge >= 0.3 is 0 Å². The van der Waals surface area contributed by atoms with Crippen molar-refractivity contribution in [1.82, 2.24) is 4.90 Å². The molecule has 0 spiro atoms. The number of amides is 1. The van der Waals surface area contributed by atoms with E-state index in [9.17, 15) is 9.59 Å². The van der Waals surface area contributed by atoms with Crippen LogP contribution in [0.15, 0.2) is 0 Å². The summed E-state index contributed by atoms with van der Waals surface area (Å²) in [5.74, 6) is -0.520. The van der Waals surface area contributed by atoms with Crippen LogP contribution in [0, 0.1) is 0 Å². The molecule has 0 radical (unpaired) electrons. The number of carbonyl (C=O) groups excluding carboxylic acids is 2. The molecule has 0 aromatic rings. The van der Waals surface area contributed by atoms with Crippen molar-refractivity contribution in [3.05, 3.63) is 0 Å². The number of nitrogens with zero attached hydrogens (tertiary/aromatic N) is 1. The predicted molar refractivity (Wildman–Crippen MR) is 33.0 cm³/mol. The molecule has 1 atom stereocenters. The summed E-state index contributed by atoms with van der Waals surface area (Å²) in [6, 6.07) is 0. The predicted octanol–water partition coefficient (Wildman–Crippen LogP) is -0.874. The van der Waals surface area contributed by atoms with Crippen molar-refractivity contribution in [2.45, 2.75) is 19.6 Å². The van der Waals surface area contributed by atoms with Crippen LogP contribution in [-0.4, -0.2) is 34.5 Å². The molecule has 1 aliphatic heterocycles. The minimum absolute atomic E-state index is 0.252. The number of carbonyl (C=O) groups is 2. The minimum atomic E-state index is -1.18. The van der Waals surface area contributed by atoms with E-state index in [4.69, 9.17) is 5.11 Å². The van der Waals surface area contributed by atoms with Crippen molar-refractivity contribution < 1.29 is 14.7 Å². The molecule has 0 aliphatic carbocycles. The molecule has 0 aromatic carbocycles. The number of likely N-dealkylation sites (tertiary alicyclic amines) is 1. The van der Waals surface area contributed by atoms with Gasteiger partial charge in [-0.2, -0.15) is 0 Å². The first-order valence-electron chi connectivity index (χ1n) is 3.11. The zero-order valence-corrected chi connectivity index (χ0v) is 5.70. The Labute approximate surface area is 58.4 Å². The second-order valence-electron chi connectivity index (χ2n) is 2.30. The van der Waals surface area contributed by atoms with Crippen LogP contribution in [0.4, 0.5) is 0 Å². The molecule has 1 aliphatic rings. The molecule has 0 saturated carbocycles. The molecule has 1 saturated heterocycles. The van der Waals surface area contributed by atoms with Gasteiger partial charge in [0.1, 0.15) is 0 Å². The summed E-state index contributed by atoms with van der Waals surface area (Å²) in [6.07, 6.45) is -0.904. The first-order chi connectivity index (χ1) is 4.63. The lowest BCUT2D eigenvalue weighted by molar-refractivity contribution is -0.142. The fraction of sp³-hybridized carbons (Fsp3) is 0.667. The van der Waals surface area contributed by atoms with Crippen LogP contribution in [0.5, 0.6) is 0 Å². The van der Waals surface area contributed by atoms with E-state index in [1.165, 1.54) is 6.92 Å². The molecule has 0 bridgehead atoms. The van der Waals surface area contributed by atoms with Crippen LogP contribution in [0.25, 0.3) is 0 Å². The Hall–Kier alpha value is -0.900. The molecule has 1 rings (SSSR count). The lowest BCUT2D eigenvalue weighted by atomic mass is 10.3. The highest BCUT2D eigenvalue weighted by Gasteiger charge is 2.31. The highest BCUT2D eigenvalue weighted by molar-refractivity contribution is 5.90. The molecule has 4 nitrogen and oxygen atoms in total. The molecule has 1 N–H and O–H groups in total. The molecule has 10 heavy (non-hydrogen) atoms. The summed E-state index contributed by atoms with van der Waals surface area (Å²) < 4.78 is 0. The van der Waals surface area contributed by atoms with Crippen LogP contribution >= 0.6 is 0 Å². The Bertz CT molecular complexity index is 178. The van der Waals surface area contributed by atoms with Gasteiger partial charge < -0.3 is 10.0 Å². The maximum Gasteiger partial charge on any atom is 0.221 e. The Balaban J connectivity index is 2.66. The van der Waals surface area contributed by atoms with Crippen molar-refractivity contribution in [2.24, 2.45) is 0 Å². The number of Topliss-reactive ketones (excluding diaryl/α,β-unsaturated/α-hetero) is 1. The average Bonchev–Trinajstić information content (AvgIpc) is 2.14. The van der Waals surface area contributed by atoms with Gasteiger partial charge in [0.05, 0.1) is 0 Å². The lowest BCUT2D eigenvalue weighted by Gasteiger charge is -2.15. The van der Waals surface area contributed by atoms with Crippen LogP contribution in [0.2, 0.25) is 0 Å². The molecular weight excluding hydrogens is 134 g/mol. The van der Waals surface area contributed by atoms with E-state index in [1.807, 2.05) is 0 Å². The Kier molecular flexibility index (Phi) is 1.72. The lowest BCUT2D eigenvalue weighted by Crippen LogP contribution is -2.36. The van der Waals surface area contributed by atoms with Crippen molar-refractivity contribution in [3.63, 3.8) is 0 Å². The van der Waals surface area contributed by atoms with E-state index in [1.54, 1.807) is 0 Å². The topological polar surface area (TPSA) is 57.6 Å². The number of ketones is 1. The second-order valence-corrected chi connectivity index (χ2v) is 2.30. The third-order valence-corrected chi connectivity index (χ3v) is 1.59. The maximum absolute atomic E-state index is 10.6. The summed E-state index contributed by atoms with van der Waals surface area (Å²) >= 11 is 0. The summed E-state index contributed by atoms with van der Waals surface area (Å²) in [7, 11) is 0. The van der Waals surface area contributed by atoms with Crippen LogP contribution in [0.1, 0.15) is 13.3 Å². The zero-order valence-electron chi connectivity index (χ0n) is 5.70. The van der Waals surface area contributed by atoms with Crippen molar-refractivity contribution >= 4 is 11.7 Å². The standard InChI is InChI=1S/C6H9NO3/c1-4(8)7-3-2-5(9)6(7)10/h6,10H,2-3H2,1H3. The fourth-order valence-electron chi connectivity index (χ4n) is 0.985. The fourth-order valence-corrected chi connectivity index (χ4v) is 0.985. The van der Waals surface area contributed by atoms with Gasteiger partial charge in [-0.05, 0) is 0 Å². The van der Waals surface area contributed by atoms with Crippen molar-refractivity contribution in [2.75, 3.05) is 6.54 Å². The zero-order chi connectivity index (χ0) is 7.72. The largest absolute Gasteiger partial charge is 0.367 e. The van der Waals surface area contributed by atoms with Gasteiger partial charge in [0.2, 0.25) is 5.91 Å². The monoisotopic (exact) mass is 143 g/mol. The smallest absolute Gasteiger partial charge is 0.221 e. The molecule has 0 aromatic heterocycles. The quantitative estimate of drug-likeness (QED) is 0.479. The van der Waals surface area contributed by atoms with Crippen LogP contribution in [-0.2, 0) is 9.59 Å².